The van der Waals surface area contributed by atoms with E-state index in [-0.39, 0.29) is 29.7 Å². The smallest absolute Gasteiger partial charge is 0.232 e. The SMILES string of the molecule is C[N+](C)(C)CCCS(=O)(=O)Nc1ccc(Oc2cccc3ccccc23)cc1.[I-]. The van der Waals surface area contributed by atoms with Crippen LogP contribution < -0.4 is 33.4 Å². The molecule has 0 radical (unpaired) electrons. The van der Waals surface area contributed by atoms with Gasteiger partial charge in [0, 0.05) is 17.5 Å². The van der Waals surface area contributed by atoms with E-state index in [2.05, 4.69) is 25.9 Å². The number of rotatable bonds is 8. The predicted octanol–water partition coefficient (Wildman–Crippen LogP) is 1.47. The van der Waals surface area contributed by atoms with Crippen LogP contribution in [0.3, 0.4) is 0 Å². The number of benzene rings is 3. The number of fused-ring (bicyclic) bond motifs is 1. The summed E-state index contributed by atoms with van der Waals surface area (Å²) >= 11 is 0. The zero-order valence-electron chi connectivity index (χ0n) is 16.9. The monoisotopic (exact) mass is 526 g/mol. The van der Waals surface area contributed by atoms with Crippen molar-refractivity contribution in [3.8, 4) is 11.5 Å². The molecule has 156 valence electrons. The van der Waals surface area contributed by atoms with Gasteiger partial charge in [-0.2, -0.15) is 0 Å². The van der Waals surface area contributed by atoms with Crippen molar-refractivity contribution in [3.05, 3.63) is 66.7 Å². The Hall–Kier alpha value is -1.84. The summed E-state index contributed by atoms with van der Waals surface area (Å²) < 4.78 is 33.9. The van der Waals surface area contributed by atoms with Crippen molar-refractivity contribution in [1.29, 1.82) is 0 Å². The average Bonchev–Trinajstić information content (AvgIpc) is 2.62. The van der Waals surface area contributed by atoms with Gasteiger partial charge in [-0.15, -0.1) is 0 Å². The summed E-state index contributed by atoms with van der Waals surface area (Å²) in [4.78, 5) is 0. The second-order valence-corrected chi connectivity index (χ2v) is 9.73. The highest BCUT2D eigenvalue weighted by molar-refractivity contribution is 7.92. The number of hydrogen-bond donors (Lipinski definition) is 1. The summed E-state index contributed by atoms with van der Waals surface area (Å²) in [5.41, 5.74) is 0.538. The molecule has 0 aliphatic rings. The second kappa shape index (κ2) is 9.77. The molecular formula is C22H27IN2O3S. The highest BCUT2D eigenvalue weighted by Gasteiger charge is 2.14. The van der Waals surface area contributed by atoms with Gasteiger partial charge in [-0.05, 0) is 35.7 Å². The first-order valence-corrected chi connectivity index (χ1v) is 10.9. The van der Waals surface area contributed by atoms with Gasteiger partial charge in [0.25, 0.3) is 0 Å². The fourth-order valence-electron chi connectivity index (χ4n) is 2.96. The van der Waals surface area contributed by atoms with Gasteiger partial charge in [0.2, 0.25) is 10.0 Å². The molecule has 0 fully saturated rings. The van der Waals surface area contributed by atoms with Crippen molar-refractivity contribution in [3.63, 3.8) is 0 Å². The van der Waals surface area contributed by atoms with Crippen LogP contribution in [0.25, 0.3) is 10.8 Å². The second-order valence-electron chi connectivity index (χ2n) is 7.89. The lowest BCUT2D eigenvalue weighted by atomic mass is 10.1. The first kappa shape index (κ1) is 23.4. The van der Waals surface area contributed by atoms with Crippen molar-refractivity contribution in [2.45, 2.75) is 6.42 Å². The highest BCUT2D eigenvalue weighted by Crippen LogP contribution is 2.30. The number of hydrogen-bond acceptors (Lipinski definition) is 3. The molecule has 0 aliphatic heterocycles. The average molecular weight is 526 g/mol. The highest BCUT2D eigenvalue weighted by atomic mass is 127. The first-order chi connectivity index (χ1) is 13.2. The van der Waals surface area contributed by atoms with Gasteiger partial charge in [0.05, 0.1) is 33.4 Å². The molecule has 0 saturated carbocycles. The third kappa shape index (κ3) is 7.17. The van der Waals surface area contributed by atoms with E-state index < -0.39 is 10.0 Å². The van der Waals surface area contributed by atoms with E-state index in [1.54, 1.807) is 24.3 Å². The third-order valence-electron chi connectivity index (χ3n) is 4.35. The first-order valence-electron chi connectivity index (χ1n) is 9.28. The summed E-state index contributed by atoms with van der Waals surface area (Å²) in [5.74, 6) is 1.53. The predicted molar refractivity (Wildman–Crippen MR) is 115 cm³/mol. The molecule has 0 saturated heterocycles. The number of ether oxygens (including phenoxy) is 1. The fraction of sp³-hybridized carbons (Fsp3) is 0.273. The minimum Gasteiger partial charge on any atom is -1.00 e. The van der Waals surface area contributed by atoms with E-state index >= 15 is 0 Å². The topological polar surface area (TPSA) is 55.4 Å². The molecule has 0 bridgehead atoms. The zero-order chi connectivity index (χ0) is 20.2. The molecule has 0 aromatic heterocycles. The lowest BCUT2D eigenvalue weighted by molar-refractivity contribution is -0.870. The van der Waals surface area contributed by atoms with Crippen molar-refractivity contribution < 1.29 is 41.6 Å². The molecule has 0 spiro atoms. The van der Waals surface area contributed by atoms with Crippen LogP contribution in [0.5, 0.6) is 11.5 Å². The molecule has 5 nitrogen and oxygen atoms in total. The maximum atomic E-state index is 12.3. The van der Waals surface area contributed by atoms with Gasteiger partial charge in [-0.25, -0.2) is 8.42 Å². The van der Waals surface area contributed by atoms with Crippen molar-refractivity contribution in [2.75, 3.05) is 38.2 Å². The quantitative estimate of drug-likeness (QED) is 0.358. The molecule has 3 aromatic rings. The molecular weight excluding hydrogens is 499 g/mol. The summed E-state index contributed by atoms with van der Waals surface area (Å²) in [7, 11) is 2.79. The largest absolute Gasteiger partial charge is 1.00 e. The summed E-state index contributed by atoms with van der Waals surface area (Å²) in [6.07, 6.45) is 0.612. The standard InChI is InChI=1S/C22H27N2O3S.HI/c1-24(2,3)16-7-17-28(25,26)23-19-12-14-20(15-13-19)27-22-11-6-9-18-8-4-5-10-21(18)22;/h4-6,8-15,23H,7,16-17H2,1-3H3;1H/q+1;/p-1. The minimum absolute atomic E-state index is 0. The van der Waals surface area contributed by atoms with E-state index in [0.717, 1.165) is 27.5 Å². The Labute approximate surface area is 190 Å². The van der Waals surface area contributed by atoms with Crippen molar-refractivity contribution in [1.82, 2.24) is 0 Å². The molecule has 0 heterocycles. The molecule has 0 unspecified atom stereocenters. The summed E-state index contributed by atoms with van der Waals surface area (Å²) in [5, 5.41) is 2.14. The Morgan fingerprint density at radius 2 is 1.55 bits per heavy atom. The van der Waals surface area contributed by atoms with E-state index in [1.807, 2.05) is 42.5 Å². The minimum atomic E-state index is -3.36. The molecule has 7 heteroatoms. The molecule has 0 amide bonds. The zero-order valence-corrected chi connectivity index (χ0v) is 19.9. The molecule has 1 N–H and O–H groups in total. The Morgan fingerprint density at radius 3 is 2.24 bits per heavy atom. The number of halogens is 1. The van der Waals surface area contributed by atoms with E-state index in [1.165, 1.54) is 0 Å². The van der Waals surface area contributed by atoms with Crippen LogP contribution in [-0.4, -0.2) is 46.3 Å². The van der Waals surface area contributed by atoms with Crippen LogP contribution in [0.2, 0.25) is 0 Å². The molecule has 0 atom stereocenters. The van der Waals surface area contributed by atoms with Crippen molar-refractivity contribution >= 4 is 26.5 Å². The Balaban J connectivity index is 0.00000300. The third-order valence-corrected chi connectivity index (χ3v) is 5.72. The number of nitrogens with one attached hydrogen (secondary N) is 1. The Kier molecular flexibility index (Phi) is 7.90. The van der Waals surface area contributed by atoms with Gasteiger partial charge < -0.3 is 33.2 Å². The Bertz CT molecular complexity index is 1040. The lowest BCUT2D eigenvalue weighted by Crippen LogP contribution is -3.00. The van der Waals surface area contributed by atoms with E-state index in [0.29, 0.717) is 17.9 Å². The van der Waals surface area contributed by atoms with Gasteiger partial charge in [0.15, 0.2) is 0 Å². The van der Waals surface area contributed by atoms with Gasteiger partial charge in [0.1, 0.15) is 11.5 Å². The van der Waals surface area contributed by atoms with Crippen LogP contribution in [0.4, 0.5) is 5.69 Å². The molecule has 29 heavy (non-hydrogen) atoms. The maximum absolute atomic E-state index is 12.3. The van der Waals surface area contributed by atoms with Gasteiger partial charge in [-0.1, -0.05) is 36.4 Å². The van der Waals surface area contributed by atoms with Crippen LogP contribution >= 0.6 is 0 Å². The van der Waals surface area contributed by atoms with Gasteiger partial charge in [-0.3, -0.25) is 4.72 Å². The number of sulfonamides is 1. The lowest BCUT2D eigenvalue weighted by Gasteiger charge is -2.23. The number of nitrogens with zero attached hydrogens (tertiary/aromatic N) is 1. The normalized spacial score (nSPS) is 11.7. The van der Waals surface area contributed by atoms with Crippen molar-refractivity contribution in [2.24, 2.45) is 0 Å². The van der Waals surface area contributed by atoms with E-state index in [4.69, 9.17) is 4.74 Å². The molecule has 3 rings (SSSR count). The summed E-state index contributed by atoms with van der Waals surface area (Å²) in [6.45, 7) is 0.804. The maximum Gasteiger partial charge on any atom is 0.232 e. The van der Waals surface area contributed by atoms with Crippen LogP contribution in [0.15, 0.2) is 66.7 Å². The number of quaternary nitrogens is 1. The molecule has 3 aromatic carbocycles. The fourth-order valence-corrected chi connectivity index (χ4v) is 4.07. The van der Waals surface area contributed by atoms with Crippen LogP contribution in [0.1, 0.15) is 6.42 Å². The van der Waals surface area contributed by atoms with Crippen LogP contribution in [0, 0.1) is 0 Å². The summed E-state index contributed by atoms with van der Waals surface area (Å²) in [6, 6.07) is 20.9. The van der Waals surface area contributed by atoms with Gasteiger partial charge >= 0.3 is 0 Å². The number of anilines is 1. The van der Waals surface area contributed by atoms with Crippen LogP contribution in [-0.2, 0) is 10.0 Å². The Morgan fingerprint density at radius 1 is 0.897 bits per heavy atom. The molecule has 0 aliphatic carbocycles. The van der Waals surface area contributed by atoms with E-state index in [9.17, 15) is 8.42 Å².